The third-order valence-electron chi connectivity index (χ3n) is 3.07. The molecule has 1 N–H and O–H groups in total. The highest BCUT2D eigenvalue weighted by atomic mass is 16.8. The maximum Gasteiger partial charge on any atom is 0.163 e. The topological polar surface area (TPSA) is 38.7 Å². The van der Waals surface area contributed by atoms with Crippen LogP contribution in [0.3, 0.4) is 0 Å². The zero-order valence-corrected chi connectivity index (χ0v) is 12.3. The molecule has 1 heterocycles. The molecule has 1 rings (SSSR count). The summed E-state index contributed by atoms with van der Waals surface area (Å²) in [4.78, 5) is 0. The lowest BCUT2D eigenvalue weighted by molar-refractivity contribution is -0.152. The SMILES string of the molecule is CCC[C@@H]1OC(C)(C)O[C@@H]1C(O)/C=C\CC(C)C. The Morgan fingerprint density at radius 3 is 2.50 bits per heavy atom. The molecule has 0 bridgehead atoms. The first-order valence-corrected chi connectivity index (χ1v) is 7.06. The summed E-state index contributed by atoms with van der Waals surface area (Å²) >= 11 is 0. The molecule has 3 nitrogen and oxygen atoms in total. The van der Waals surface area contributed by atoms with E-state index >= 15 is 0 Å². The fourth-order valence-corrected chi connectivity index (χ4v) is 2.26. The standard InChI is InChI=1S/C15H28O3/c1-6-8-13-14(18-15(4,5)17-13)12(16)10-7-9-11(2)3/h7,10-14,16H,6,8-9H2,1-5H3/b10-7-/t12?,13-,14+/m0/s1. The molecule has 18 heavy (non-hydrogen) atoms. The third-order valence-corrected chi connectivity index (χ3v) is 3.07. The van der Waals surface area contributed by atoms with Gasteiger partial charge < -0.3 is 14.6 Å². The molecule has 0 spiro atoms. The lowest BCUT2D eigenvalue weighted by atomic mass is 10.0. The fraction of sp³-hybridized carbons (Fsp3) is 0.867. The van der Waals surface area contributed by atoms with Crippen molar-refractivity contribution in [3.8, 4) is 0 Å². The van der Waals surface area contributed by atoms with Gasteiger partial charge in [-0.05, 0) is 32.6 Å². The van der Waals surface area contributed by atoms with Crippen LogP contribution in [-0.2, 0) is 9.47 Å². The molecule has 1 aliphatic rings. The number of ether oxygens (including phenoxy) is 2. The number of hydrogen-bond donors (Lipinski definition) is 1. The average molecular weight is 256 g/mol. The number of hydrogen-bond acceptors (Lipinski definition) is 3. The predicted molar refractivity (Wildman–Crippen MR) is 73.3 cm³/mol. The molecule has 106 valence electrons. The first kappa shape index (κ1) is 15.7. The lowest BCUT2D eigenvalue weighted by Gasteiger charge is -2.20. The summed E-state index contributed by atoms with van der Waals surface area (Å²) in [6, 6.07) is 0. The molecule has 0 aromatic rings. The molecule has 3 heteroatoms. The van der Waals surface area contributed by atoms with Gasteiger partial charge in [0.05, 0.1) is 6.10 Å². The van der Waals surface area contributed by atoms with Crippen LogP contribution in [-0.4, -0.2) is 29.2 Å². The van der Waals surface area contributed by atoms with Crippen molar-refractivity contribution < 1.29 is 14.6 Å². The zero-order chi connectivity index (χ0) is 13.8. The summed E-state index contributed by atoms with van der Waals surface area (Å²) in [5, 5.41) is 10.2. The Morgan fingerprint density at radius 2 is 1.94 bits per heavy atom. The Bertz CT molecular complexity index is 271. The predicted octanol–water partition coefficient (Wildman–Crippen LogP) is 3.27. The normalized spacial score (nSPS) is 29.3. The molecule has 0 saturated carbocycles. The van der Waals surface area contributed by atoms with E-state index in [1.54, 1.807) is 0 Å². The van der Waals surface area contributed by atoms with E-state index in [4.69, 9.17) is 9.47 Å². The van der Waals surface area contributed by atoms with E-state index < -0.39 is 11.9 Å². The Labute approximate surface area is 111 Å². The van der Waals surface area contributed by atoms with Crippen LogP contribution in [0.5, 0.6) is 0 Å². The first-order valence-electron chi connectivity index (χ1n) is 7.06. The summed E-state index contributed by atoms with van der Waals surface area (Å²) in [6.45, 7) is 10.2. The van der Waals surface area contributed by atoms with E-state index in [1.165, 1.54) is 0 Å². The van der Waals surface area contributed by atoms with Crippen LogP contribution < -0.4 is 0 Å². The van der Waals surface area contributed by atoms with Gasteiger partial charge in [0.1, 0.15) is 12.2 Å². The molecule has 1 unspecified atom stereocenters. The summed E-state index contributed by atoms with van der Waals surface area (Å²) < 4.78 is 11.6. The van der Waals surface area contributed by atoms with Gasteiger partial charge in [-0.3, -0.25) is 0 Å². The summed E-state index contributed by atoms with van der Waals surface area (Å²) in [5.41, 5.74) is 0. The molecule has 0 aromatic heterocycles. The Hall–Kier alpha value is -0.380. The third kappa shape index (κ3) is 4.71. The molecule has 0 amide bonds. The highest BCUT2D eigenvalue weighted by molar-refractivity contribution is 4.98. The van der Waals surface area contributed by atoms with Crippen molar-refractivity contribution in [3.63, 3.8) is 0 Å². The minimum Gasteiger partial charge on any atom is -0.386 e. The molecule has 1 saturated heterocycles. The van der Waals surface area contributed by atoms with Gasteiger partial charge in [0.2, 0.25) is 0 Å². The van der Waals surface area contributed by atoms with Gasteiger partial charge in [-0.1, -0.05) is 39.3 Å². The van der Waals surface area contributed by atoms with Crippen molar-refractivity contribution in [1.82, 2.24) is 0 Å². The second-order valence-corrected chi connectivity index (χ2v) is 5.98. The van der Waals surface area contributed by atoms with Crippen LogP contribution in [0.15, 0.2) is 12.2 Å². The monoisotopic (exact) mass is 256 g/mol. The minimum atomic E-state index is -0.586. The highest BCUT2D eigenvalue weighted by Crippen LogP contribution is 2.32. The maximum atomic E-state index is 10.2. The van der Waals surface area contributed by atoms with Crippen LogP contribution in [0.25, 0.3) is 0 Å². The van der Waals surface area contributed by atoms with Crippen molar-refractivity contribution >= 4 is 0 Å². The highest BCUT2D eigenvalue weighted by Gasteiger charge is 2.43. The van der Waals surface area contributed by atoms with Crippen LogP contribution in [0.1, 0.15) is 53.9 Å². The molecule has 0 aromatic carbocycles. The van der Waals surface area contributed by atoms with E-state index in [0.717, 1.165) is 19.3 Å². The zero-order valence-electron chi connectivity index (χ0n) is 12.3. The number of aliphatic hydroxyl groups excluding tert-OH is 1. The van der Waals surface area contributed by atoms with Crippen molar-refractivity contribution in [2.75, 3.05) is 0 Å². The van der Waals surface area contributed by atoms with Crippen LogP contribution in [0.4, 0.5) is 0 Å². The van der Waals surface area contributed by atoms with E-state index in [1.807, 2.05) is 26.0 Å². The van der Waals surface area contributed by atoms with Gasteiger partial charge in [-0.2, -0.15) is 0 Å². The van der Waals surface area contributed by atoms with E-state index in [9.17, 15) is 5.11 Å². The largest absolute Gasteiger partial charge is 0.386 e. The van der Waals surface area contributed by atoms with Gasteiger partial charge >= 0.3 is 0 Å². The number of allylic oxidation sites excluding steroid dienone is 1. The number of aliphatic hydroxyl groups is 1. The quantitative estimate of drug-likeness (QED) is 0.741. The van der Waals surface area contributed by atoms with Gasteiger partial charge in [0.25, 0.3) is 0 Å². The maximum absolute atomic E-state index is 10.2. The Morgan fingerprint density at radius 1 is 1.28 bits per heavy atom. The van der Waals surface area contributed by atoms with Gasteiger partial charge in [-0.25, -0.2) is 0 Å². The van der Waals surface area contributed by atoms with Crippen LogP contribution >= 0.6 is 0 Å². The fourth-order valence-electron chi connectivity index (χ4n) is 2.26. The Kier molecular flexibility index (Phi) is 5.83. The second-order valence-electron chi connectivity index (χ2n) is 5.98. The number of rotatable bonds is 6. The lowest BCUT2D eigenvalue weighted by Crippen LogP contribution is -2.34. The summed E-state index contributed by atoms with van der Waals surface area (Å²) in [7, 11) is 0. The smallest absolute Gasteiger partial charge is 0.163 e. The summed E-state index contributed by atoms with van der Waals surface area (Å²) in [5.74, 6) is 0.0225. The molecule has 0 radical (unpaired) electrons. The van der Waals surface area contributed by atoms with E-state index in [-0.39, 0.29) is 12.2 Å². The van der Waals surface area contributed by atoms with Gasteiger partial charge in [-0.15, -0.1) is 0 Å². The van der Waals surface area contributed by atoms with Gasteiger partial charge in [0.15, 0.2) is 5.79 Å². The van der Waals surface area contributed by atoms with Crippen molar-refractivity contribution in [3.05, 3.63) is 12.2 Å². The first-order chi connectivity index (χ1) is 8.35. The molecular formula is C15H28O3. The van der Waals surface area contributed by atoms with Crippen molar-refractivity contribution in [1.29, 1.82) is 0 Å². The molecule has 3 atom stereocenters. The molecular weight excluding hydrogens is 228 g/mol. The van der Waals surface area contributed by atoms with E-state index in [2.05, 4.69) is 20.8 Å². The van der Waals surface area contributed by atoms with Crippen molar-refractivity contribution in [2.45, 2.75) is 78.0 Å². The summed E-state index contributed by atoms with van der Waals surface area (Å²) in [6.07, 6.45) is 5.97. The minimum absolute atomic E-state index is 0.0105. The second kappa shape index (κ2) is 6.69. The van der Waals surface area contributed by atoms with Crippen LogP contribution in [0.2, 0.25) is 0 Å². The Balaban J connectivity index is 2.59. The molecule has 1 aliphatic heterocycles. The van der Waals surface area contributed by atoms with Crippen molar-refractivity contribution in [2.24, 2.45) is 5.92 Å². The van der Waals surface area contributed by atoms with Crippen LogP contribution in [0, 0.1) is 5.92 Å². The van der Waals surface area contributed by atoms with Gasteiger partial charge in [0, 0.05) is 0 Å². The molecule has 1 fully saturated rings. The van der Waals surface area contributed by atoms with E-state index in [0.29, 0.717) is 5.92 Å². The average Bonchev–Trinajstić information content (AvgIpc) is 2.54. The molecule has 0 aliphatic carbocycles.